The van der Waals surface area contributed by atoms with Gasteiger partial charge in [-0.25, -0.2) is 14.5 Å². The number of carboxylic acid groups (broad SMARTS) is 1. The number of aromatic nitrogens is 4. The van der Waals surface area contributed by atoms with E-state index in [-0.39, 0.29) is 28.3 Å². The number of benzene rings is 2. The van der Waals surface area contributed by atoms with Crippen molar-refractivity contribution in [1.29, 1.82) is 0 Å². The second-order valence-corrected chi connectivity index (χ2v) is 9.46. The number of amides is 1. The van der Waals surface area contributed by atoms with Crippen LogP contribution in [0.5, 0.6) is 5.75 Å². The summed E-state index contributed by atoms with van der Waals surface area (Å²) in [6, 6.07) is 14.8. The van der Waals surface area contributed by atoms with Gasteiger partial charge in [-0.15, -0.1) is 0 Å². The van der Waals surface area contributed by atoms with E-state index in [2.05, 4.69) is 10.1 Å². The van der Waals surface area contributed by atoms with Crippen molar-refractivity contribution in [1.82, 2.24) is 19.2 Å². The Bertz CT molecular complexity index is 1780. The number of carbonyl (C=O) groups is 2. The fraction of sp³-hybridized carbons (Fsp3) is 0.143. The molecule has 5 aromatic rings. The predicted octanol–water partition coefficient (Wildman–Crippen LogP) is 6.05. The van der Waals surface area contributed by atoms with Crippen LogP contribution in [0.15, 0.2) is 73.1 Å². The van der Waals surface area contributed by atoms with E-state index in [0.717, 1.165) is 16.0 Å². The minimum Gasteiger partial charge on any atom is -0.487 e. The summed E-state index contributed by atoms with van der Waals surface area (Å²) in [6.07, 6.45) is -1.28. The molecule has 0 aliphatic rings. The molecule has 0 bridgehead atoms. The Morgan fingerprint density at radius 2 is 1.78 bits per heavy atom. The molecule has 1 amide bonds. The van der Waals surface area contributed by atoms with Gasteiger partial charge in [-0.05, 0) is 61.5 Å². The topological polar surface area (TPSA) is 102 Å². The lowest BCUT2D eigenvalue weighted by atomic mass is 10.1. The Balaban J connectivity index is 1.46. The fourth-order valence-electron chi connectivity index (χ4n) is 4.19. The van der Waals surface area contributed by atoms with Crippen molar-refractivity contribution in [3.63, 3.8) is 0 Å². The third-order valence-corrected chi connectivity index (χ3v) is 6.64. The van der Waals surface area contributed by atoms with Gasteiger partial charge in [0.1, 0.15) is 23.7 Å². The maximum Gasteiger partial charge on any atom is 0.436 e. The molecule has 0 unspecified atom stereocenters. The molecule has 0 saturated heterocycles. The molecule has 0 aliphatic heterocycles. The Kier molecular flexibility index (Phi) is 7.18. The monoisotopic (exact) mass is 583 g/mol. The molecule has 0 spiro atoms. The number of carboxylic acids is 1. The first-order chi connectivity index (χ1) is 19.4. The van der Waals surface area contributed by atoms with Crippen molar-refractivity contribution >= 4 is 34.8 Å². The lowest BCUT2D eigenvalue weighted by Crippen LogP contribution is -2.26. The van der Waals surface area contributed by atoms with E-state index in [4.69, 9.17) is 21.4 Å². The highest BCUT2D eigenvalue weighted by atomic mass is 35.5. The first-order valence-electron chi connectivity index (χ1n) is 12.1. The van der Waals surface area contributed by atoms with E-state index in [1.54, 1.807) is 29.8 Å². The number of fused-ring (bicyclic) bond motifs is 1. The zero-order chi connectivity index (χ0) is 29.5. The molecule has 0 saturated carbocycles. The second kappa shape index (κ2) is 10.6. The number of aromatic carboxylic acids is 1. The van der Waals surface area contributed by atoms with Gasteiger partial charge >= 0.3 is 12.1 Å². The summed E-state index contributed by atoms with van der Waals surface area (Å²) in [7, 11) is 1.58. The van der Waals surface area contributed by atoms with Gasteiger partial charge in [-0.2, -0.15) is 18.3 Å². The molecule has 0 aliphatic carbocycles. The molecular formula is C28H21ClF3N5O4. The summed E-state index contributed by atoms with van der Waals surface area (Å²) in [4.78, 5) is 30.2. The Labute approximate surface area is 236 Å². The number of anilines is 1. The minimum absolute atomic E-state index is 0.0197. The summed E-state index contributed by atoms with van der Waals surface area (Å²) >= 11 is 6.14. The third-order valence-electron chi connectivity index (χ3n) is 6.25. The fourth-order valence-corrected chi connectivity index (χ4v) is 4.46. The van der Waals surface area contributed by atoms with Crippen LogP contribution in [-0.2, 0) is 12.8 Å². The number of hydrogen-bond acceptors (Lipinski definition) is 5. The van der Waals surface area contributed by atoms with Gasteiger partial charge in [0, 0.05) is 25.0 Å². The number of nitrogens with zero attached hydrogens (tertiary/aromatic N) is 5. The number of ether oxygens (including phenoxy) is 1. The van der Waals surface area contributed by atoms with Crippen LogP contribution >= 0.6 is 11.6 Å². The number of carbonyl (C=O) groups excluding carboxylic acids is 1. The number of rotatable bonds is 7. The van der Waals surface area contributed by atoms with Crippen LogP contribution < -0.4 is 9.64 Å². The first-order valence-corrected chi connectivity index (χ1v) is 12.4. The van der Waals surface area contributed by atoms with Crippen molar-refractivity contribution in [2.75, 3.05) is 11.9 Å². The van der Waals surface area contributed by atoms with E-state index >= 15 is 0 Å². The van der Waals surface area contributed by atoms with Gasteiger partial charge in [0.15, 0.2) is 5.69 Å². The number of halogens is 4. The zero-order valence-electron chi connectivity index (χ0n) is 21.6. The van der Waals surface area contributed by atoms with Gasteiger partial charge in [-0.1, -0.05) is 17.7 Å². The lowest BCUT2D eigenvalue weighted by Gasteiger charge is -2.18. The number of aryl methyl sites for hydroxylation is 1. The molecule has 3 aromatic heterocycles. The average molecular weight is 584 g/mol. The highest BCUT2D eigenvalue weighted by molar-refractivity contribution is 6.32. The van der Waals surface area contributed by atoms with E-state index in [1.165, 1.54) is 53.4 Å². The number of alkyl halides is 3. The average Bonchev–Trinajstić information content (AvgIpc) is 3.49. The second-order valence-electron chi connectivity index (χ2n) is 9.09. The molecule has 2 aromatic carbocycles. The molecule has 9 nitrogen and oxygen atoms in total. The molecule has 3 heterocycles. The normalized spacial score (nSPS) is 11.6. The molecular weight excluding hydrogens is 563 g/mol. The SMILES string of the molecule is Cc1cn2cc(N(C)C(=O)c3cccc(-n4nc(C(F)(F)F)c(Cl)c4COc4ccc(C(=O)O)cc4)c3)ccc2n1. The lowest BCUT2D eigenvalue weighted by molar-refractivity contribution is -0.141. The van der Waals surface area contributed by atoms with Crippen LogP contribution in [0.2, 0.25) is 5.02 Å². The zero-order valence-corrected chi connectivity index (χ0v) is 22.3. The van der Waals surface area contributed by atoms with E-state index in [0.29, 0.717) is 5.69 Å². The Hall–Kier alpha value is -4.84. The minimum atomic E-state index is -4.85. The molecule has 0 radical (unpaired) electrons. The van der Waals surface area contributed by atoms with Gasteiger partial charge in [0.05, 0.1) is 27.7 Å². The van der Waals surface area contributed by atoms with Crippen LogP contribution in [-0.4, -0.2) is 43.2 Å². The molecule has 5 rings (SSSR count). The van der Waals surface area contributed by atoms with Gasteiger partial charge in [-0.3, -0.25) is 4.79 Å². The van der Waals surface area contributed by atoms with Crippen molar-refractivity contribution in [3.05, 3.63) is 106 Å². The third kappa shape index (κ3) is 5.59. The largest absolute Gasteiger partial charge is 0.487 e. The summed E-state index contributed by atoms with van der Waals surface area (Å²) in [6.45, 7) is 1.43. The number of imidazole rings is 1. The van der Waals surface area contributed by atoms with Crippen molar-refractivity contribution in [3.8, 4) is 11.4 Å². The van der Waals surface area contributed by atoms with Crippen LogP contribution in [0, 0.1) is 6.92 Å². The highest BCUT2D eigenvalue weighted by Crippen LogP contribution is 2.37. The smallest absolute Gasteiger partial charge is 0.436 e. The first kappa shape index (κ1) is 27.7. The van der Waals surface area contributed by atoms with Crippen molar-refractivity contribution in [2.24, 2.45) is 0 Å². The van der Waals surface area contributed by atoms with Crippen LogP contribution in [0.3, 0.4) is 0 Å². The number of hydrogen-bond donors (Lipinski definition) is 1. The summed E-state index contributed by atoms with van der Waals surface area (Å²) < 4.78 is 49.6. The molecule has 13 heteroatoms. The molecule has 1 N–H and O–H groups in total. The van der Waals surface area contributed by atoms with Gasteiger partial charge in [0.2, 0.25) is 0 Å². The van der Waals surface area contributed by atoms with E-state index in [1.807, 2.05) is 13.1 Å². The highest BCUT2D eigenvalue weighted by Gasteiger charge is 2.39. The van der Waals surface area contributed by atoms with Crippen LogP contribution in [0.1, 0.15) is 37.8 Å². The summed E-state index contributed by atoms with van der Waals surface area (Å²) in [5.74, 6) is -1.33. The Morgan fingerprint density at radius 1 is 1.05 bits per heavy atom. The van der Waals surface area contributed by atoms with Gasteiger partial charge < -0.3 is 19.1 Å². The Morgan fingerprint density at radius 3 is 2.46 bits per heavy atom. The van der Waals surface area contributed by atoms with Crippen molar-refractivity contribution < 1.29 is 32.6 Å². The van der Waals surface area contributed by atoms with Gasteiger partial charge in [0.25, 0.3) is 5.91 Å². The maximum absolute atomic E-state index is 13.7. The molecule has 41 heavy (non-hydrogen) atoms. The molecule has 0 fully saturated rings. The van der Waals surface area contributed by atoms with E-state index < -0.39 is 35.4 Å². The predicted molar refractivity (Wildman–Crippen MR) is 144 cm³/mol. The molecule has 210 valence electrons. The van der Waals surface area contributed by atoms with Crippen LogP contribution in [0.25, 0.3) is 11.3 Å². The summed E-state index contributed by atoms with van der Waals surface area (Å²) in [5.41, 5.74) is 1.07. The standard InChI is InChI=1S/C28H21ClF3N5O4/c1-16-13-36-14-20(8-11-23(36)33-16)35(2)26(38)18-4-3-5-19(12-18)37-22(24(29)25(34-37)28(30,31)32)15-41-21-9-6-17(7-10-21)27(39)40/h3-14H,15H2,1-2H3,(H,39,40). The molecule has 0 atom stereocenters. The summed E-state index contributed by atoms with van der Waals surface area (Å²) in [5, 5.41) is 12.1. The quantitative estimate of drug-likeness (QED) is 0.250. The van der Waals surface area contributed by atoms with Crippen molar-refractivity contribution in [2.45, 2.75) is 19.7 Å². The van der Waals surface area contributed by atoms with E-state index in [9.17, 15) is 22.8 Å². The number of pyridine rings is 1. The maximum atomic E-state index is 13.7. The van der Waals surface area contributed by atoms with Crippen LogP contribution in [0.4, 0.5) is 18.9 Å².